The molecule has 0 bridgehead atoms. The molecule has 0 radical (unpaired) electrons. The molecule has 0 unspecified atom stereocenters. The first-order valence-electron chi connectivity index (χ1n) is 8.81. The number of carbonyl (C=O) groups is 2. The molecule has 2 aromatic heterocycles. The highest BCUT2D eigenvalue weighted by molar-refractivity contribution is 6.28. The van der Waals surface area contributed by atoms with Crippen LogP contribution in [0, 0.1) is 0 Å². The van der Waals surface area contributed by atoms with E-state index < -0.39 is 11.8 Å². The molecule has 1 aliphatic rings. The summed E-state index contributed by atoms with van der Waals surface area (Å²) in [6.07, 6.45) is 0. The molecule has 0 atom stereocenters. The first-order valence-corrected chi connectivity index (χ1v) is 8.81. The van der Waals surface area contributed by atoms with E-state index in [-0.39, 0.29) is 47.3 Å². The second kappa shape index (κ2) is 8.10. The molecule has 0 fully saturated rings. The zero-order valence-electron chi connectivity index (χ0n) is 16.9. The maximum absolute atomic E-state index is 11.3. The van der Waals surface area contributed by atoms with Crippen LogP contribution in [-0.2, 0) is 22.7 Å². The Bertz CT molecular complexity index is 1000. The average molecular weight is 412 g/mol. The topological polar surface area (TPSA) is 197 Å². The van der Waals surface area contributed by atoms with Crippen LogP contribution in [0.2, 0.25) is 0 Å². The van der Waals surface area contributed by atoms with Gasteiger partial charge in [-0.05, 0) is 27.7 Å². The molecule has 2 amide bonds. The van der Waals surface area contributed by atoms with Crippen LogP contribution in [0.15, 0.2) is 20.4 Å². The number of rotatable bonds is 6. The van der Waals surface area contributed by atoms with E-state index in [0.29, 0.717) is 11.4 Å². The maximum Gasteiger partial charge on any atom is 0.241 e. The van der Waals surface area contributed by atoms with E-state index in [4.69, 9.17) is 11.5 Å². The number of fused-ring (bicyclic) bond motifs is 2. The summed E-state index contributed by atoms with van der Waals surface area (Å²) < 4.78 is 0. The van der Waals surface area contributed by atoms with Crippen molar-refractivity contribution in [3.8, 4) is 0 Å². The van der Waals surface area contributed by atoms with Gasteiger partial charge in [-0.15, -0.1) is 10.2 Å². The summed E-state index contributed by atoms with van der Waals surface area (Å²) in [4.78, 5) is 24.9. The highest BCUT2D eigenvalue weighted by atomic mass is 16.1. The Hall–Kier alpha value is -4.10. The molecular weight excluding hydrogens is 392 g/mol. The standard InChI is InChI=1S/C16H20N12O2/c1-7(2)19-21-11-13-15(25-27(23-13)5-9(17)29)12(22-20-8(3)4)16-14(11)24-28(26-16)6-10(18)30/h5-6H2,1-4H3,(H2,17,29)(H2,18,30). The van der Waals surface area contributed by atoms with E-state index in [2.05, 4.69) is 40.8 Å². The van der Waals surface area contributed by atoms with Gasteiger partial charge in [0.05, 0.1) is 0 Å². The fraction of sp³-hybridized carbons (Fsp3) is 0.375. The molecular formula is C16H20N12O2. The van der Waals surface area contributed by atoms with E-state index in [1.54, 1.807) is 27.7 Å². The third-order valence-corrected chi connectivity index (χ3v) is 3.50. The first kappa shape index (κ1) is 20.6. The molecule has 2 heterocycles. The van der Waals surface area contributed by atoms with Gasteiger partial charge < -0.3 is 11.5 Å². The number of nitrogens with zero attached hydrogens (tertiary/aromatic N) is 10. The fourth-order valence-corrected chi connectivity index (χ4v) is 2.47. The third kappa shape index (κ3) is 4.31. The van der Waals surface area contributed by atoms with Gasteiger partial charge in [-0.1, -0.05) is 0 Å². The zero-order valence-corrected chi connectivity index (χ0v) is 16.9. The average Bonchev–Trinajstić information content (AvgIpc) is 3.20. The lowest BCUT2D eigenvalue weighted by Gasteiger charge is -2.09. The van der Waals surface area contributed by atoms with Gasteiger partial charge in [0.1, 0.15) is 47.3 Å². The molecule has 3 rings (SSSR count). The van der Waals surface area contributed by atoms with Crippen LogP contribution in [0.3, 0.4) is 0 Å². The smallest absolute Gasteiger partial charge is 0.241 e. The molecule has 0 saturated heterocycles. The zero-order chi connectivity index (χ0) is 22.0. The van der Waals surface area contributed by atoms with Gasteiger partial charge in [-0.3, -0.25) is 9.59 Å². The maximum atomic E-state index is 11.3. The van der Waals surface area contributed by atoms with Crippen molar-refractivity contribution in [3.05, 3.63) is 22.8 Å². The summed E-state index contributed by atoms with van der Waals surface area (Å²) in [5.74, 6) is -1.24. The van der Waals surface area contributed by atoms with Gasteiger partial charge in [0.15, 0.2) is 0 Å². The second-order valence-electron chi connectivity index (χ2n) is 6.78. The van der Waals surface area contributed by atoms with Gasteiger partial charge >= 0.3 is 0 Å². The van der Waals surface area contributed by atoms with Crippen LogP contribution < -0.4 is 11.5 Å². The number of carbonyl (C=O) groups excluding carboxylic acids is 2. The molecule has 0 aliphatic heterocycles. The predicted molar refractivity (Wildman–Crippen MR) is 107 cm³/mol. The molecule has 0 saturated carbocycles. The molecule has 2 aromatic rings. The Morgan fingerprint density at radius 3 is 1.23 bits per heavy atom. The highest BCUT2D eigenvalue weighted by Crippen LogP contribution is 2.24. The Labute approximate surface area is 170 Å². The molecule has 14 nitrogen and oxygen atoms in total. The summed E-state index contributed by atoms with van der Waals surface area (Å²) in [6, 6.07) is 0. The van der Waals surface area contributed by atoms with Crippen molar-refractivity contribution in [3.63, 3.8) is 0 Å². The van der Waals surface area contributed by atoms with Crippen LogP contribution in [0.25, 0.3) is 0 Å². The van der Waals surface area contributed by atoms with Crippen LogP contribution >= 0.6 is 0 Å². The lowest BCUT2D eigenvalue weighted by Crippen LogP contribution is -2.22. The summed E-state index contributed by atoms with van der Waals surface area (Å²) in [7, 11) is 0. The van der Waals surface area contributed by atoms with Crippen molar-refractivity contribution in [2.24, 2.45) is 31.9 Å². The van der Waals surface area contributed by atoms with Crippen molar-refractivity contribution >= 4 is 34.7 Å². The van der Waals surface area contributed by atoms with Crippen LogP contribution in [0.5, 0.6) is 0 Å². The third-order valence-electron chi connectivity index (χ3n) is 3.50. The Morgan fingerprint density at radius 2 is 1.00 bits per heavy atom. The van der Waals surface area contributed by atoms with E-state index >= 15 is 0 Å². The van der Waals surface area contributed by atoms with E-state index in [1.165, 1.54) is 0 Å². The fourth-order valence-electron chi connectivity index (χ4n) is 2.47. The van der Waals surface area contributed by atoms with Crippen LogP contribution in [-0.4, -0.2) is 64.6 Å². The summed E-state index contributed by atoms with van der Waals surface area (Å²) in [5.41, 5.74) is 13.5. The number of amides is 2. The van der Waals surface area contributed by atoms with Gasteiger partial charge in [-0.2, -0.15) is 40.2 Å². The van der Waals surface area contributed by atoms with E-state index in [0.717, 1.165) is 9.59 Å². The van der Waals surface area contributed by atoms with Crippen LogP contribution in [0.4, 0.5) is 0 Å². The summed E-state index contributed by atoms with van der Waals surface area (Å²) >= 11 is 0. The lowest BCUT2D eigenvalue weighted by atomic mass is 9.98. The number of hydrogen-bond acceptors (Lipinski definition) is 10. The van der Waals surface area contributed by atoms with Gasteiger partial charge in [0.25, 0.3) is 0 Å². The number of primary amides is 2. The number of nitrogens with two attached hydrogens (primary N) is 2. The molecule has 30 heavy (non-hydrogen) atoms. The van der Waals surface area contributed by atoms with E-state index in [9.17, 15) is 9.59 Å². The lowest BCUT2D eigenvalue weighted by molar-refractivity contribution is -0.119. The van der Waals surface area contributed by atoms with Crippen molar-refractivity contribution in [2.45, 2.75) is 40.8 Å². The Kier molecular flexibility index (Phi) is 5.57. The largest absolute Gasteiger partial charge is 0.368 e. The Morgan fingerprint density at radius 1 is 0.700 bits per heavy atom. The molecule has 156 valence electrons. The quantitative estimate of drug-likeness (QED) is 0.369. The van der Waals surface area contributed by atoms with E-state index in [1.807, 2.05) is 0 Å². The minimum Gasteiger partial charge on any atom is -0.368 e. The first-order chi connectivity index (χ1) is 14.2. The van der Waals surface area contributed by atoms with Crippen molar-refractivity contribution in [1.82, 2.24) is 30.0 Å². The molecule has 4 N–H and O–H groups in total. The van der Waals surface area contributed by atoms with Crippen molar-refractivity contribution in [1.29, 1.82) is 0 Å². The highest BCUT2D eigenvalue weighted by Gasteiger charge is 2.36. The summed E-state index contributed by atoms with van der Waals surface area (Å²) in [6.45, 7) is 6.60. The van der Waals surface area contributed by atoms with Gasteiger partial charge in [-0.25, -0.2) is 0 Å². The molecule has 14 heteroatoms. The van der Waals surface area contributed by atoms with Gasteiger partial charge in [0.2, 0.25) is 11.8 Å². The number of aromatic nitrogens is 6. The predicted octanol–water partition coefficient (Wildman–Crippen LogP) is -1.38. The second-order valence-corrected chi connectivity index (χ2v) is 6.78. The number of hydrogen-bond donors (Lipinski definition) is 2. The normalized spacial score (nSPS) is 12.0. The minimum atomic E-state index is -0.619. The monoisotopic (exact) mass is 412 g/mol. The molecule has 1 aliphatic carbocycles. The van der Waals surface area contributed by atoms with Crippen molar-refractivity contribution in [2.75, 3.05) is 0 Å². The molecule has 0 spiro atoms. The van der Waals surface area contributed by atoms with Gasteiger partial charge in [0, 0.05) is 11.4 Å². The minimum absolute atomic E-state index is 0.244. The van der Waals surface area contributed by atoms with Crippen LogP contribution in [0.1, 0.15) is 50.5 Å². The Balaban J connectivity index is 2.28. The van der Waals surface area contributed by atoms with Crippen molar-refractivity contribution < 1.29 is 9.59 Å². The summed E-state index contributed by atoms with van der Waals surface area (Å²) in [5, 5.41) is 33.8. The molecule has 0 aromatic carbocycles. The SMILES string of the molecule is CC(C)=NN=C1c2nn(CC(N)=O)nc2C(=NN=C(C)C)c2nn(CC(N)=O)nc21.